The van der Waals surface area contributed by atoms with Crippen LogP contribution in [0.1, 0.15) is 33.1 Å². The standard InChI is InChI=1S/C12H24N2O2.ClH/c1-9(2)10(13)6-7-14(3)12(15)11-5-4-8-16-11;/h9-11H,4-8,13H2,1-3H3;1H. The molecule has 2 N–H and O–H groups in total. The van der Waals surface area contributed by atoms with E-state index in [-0.39, 0.29) is 30.5 Å². The molecule has 4 nitrogen and oxygen atoms in total. The summed E-state index contributed by atoms with van der Waals surface area (Å²) in [6, 6.07) is 0.166. The van der Waals surface area contributed by atoms with Crippen LogP contribution in [0.15, 0.2) is 0 Å². The van der Waals surface area contributed by atoms with E-state index < -0.39 is 0 Å². The van der Waals surface area contributed by atoms with Crippen molar-refractivity contribution >= 4 is 18.3 Å². The number of hydrogen-bond acceptors (Lipinski definition) is 3. The van der Waals surface area contributed by atoms with Crippen LogP contribution < -0.4 is 5.73 Å². The highest BCUT2D eigenvalue weighted by atomic mass is 35.5. The van der Waals surface area contributed by atoms with Crippen molar-refractivity contribution in [3.05, 3.63) is 0 Å². The second-order valence-electron chi connectivity index (χ2n) is 4.96. The molecule has 1 amide bonds. The topological polar surface area (TPSA) is 55.6 Å². The molecule has 102 valence electrons. The highest BCUT2D eigenvalue weighted by Crippen LogP contribution is 2.14. The van der Waals surface area contributed by atoms with Crippen LogP contribution in [0.3, 0.4) is 0 Å². The van der Waals surface area contributed by atoms with Crippen molar-refractivity contribution < 1.29 is 9.53 Å². The zero-order valence-electron chi connectivity index (χ0n) is 11.0. The number of ether oxygens (including phenoxy) is 1. The lowest BCUT2D eigenvalue weighted by Gasteiger charge is -2.23. The molecule has 0 radical (unpaired) electrons. The normalized spacial score (nSPS) is 21.1. The third-order valence-corrected chi connectivity index (χ3v) is 3.24. The van der Waals surface area contributed by atoms with Gasteiger partial charge in [0.2, 0.25) is 0 Å². The Kier molecular flexibility index (Phi) is 7.75. The highest BCUT2D eigenvalue weighted by molar-refractivity contribution is 5.85. The lowest BCUT2D eigenvalue weighted by molar-refractivity contribution is -0.139. The molecule has 2 atom stereocenters. The fourth-order valence-corrected chi connectivity index (χ4v) is 1.80. The molecule has 0 aromatic heterocycles. The van der Waals surface area contributed by atoms with Crippen LogP contribution in [0, 0.1) is 5.92 Å². The zero-order valence-corrected chi connectivity index (χ0v) is 11.8. The number of amides is 1. The van der Waals surface area contributed by atoms with Gasteiger partial charge in [0.1, 0.15) is 6.10 Å². The van der Waals surface area contributed by atoms with Crippen LogP contribution in [0.25, 0.3) is 0 Å². The van der Waals surface area contributed by atoms with E-state index in [2.05, 4.69) is 13.8 Å². The summed E-state index contributed by atoms with van der Waals surface area (Å²) in [5, 5.41) is 0. The number of nitrogens with zero attached hydrogens (tertiary/aromatic N) is 1. The summed E-state index contributed by atoms with van der Waals surface area (Å²) in [5.74, 6) is 0.569. The predicted octanol–water partition coefficient (Wildman–Crippen LogP) is 1.42. The minimum Gasteiger partial charge on any atom is -0.368 e. The molecule has 0 saturated carbocycles. The SMILES string of the molecule is CC(C)C(N)CCN(C)C(=O)C1CCCO1.Cl. The van der Waals surface area contributed by atoms with E-state index in [1.54, 1.807) is 4.90 Å². The Morgan fingerprint density at radius 2 is 2.18 bits per heavy atom. The van der Waals surface area contributed by atoms with Gasteiger partial charge in [-0.15, -0.1) is 12.4 Å². The maximum atomic E-state index is 11.9. The van der Waals surface area contributed by atoms with Gasteiger partial charge in [0.05, 0.1) is 0 Å². The molecule has 1 rings (SSSR count). The van der Waals surface area contributed by atoms with Crippen LogP contribution in [0.4, 0.5) is 0 Å². The molecule has 1 saturated heterocycles. The molecule has 17 heavy (non-hydrogen) atoms. The lowest BCUT2D eigenvalue weighted by Crippen LogP contribution is -2.39. The summed E-state index contributed by atoms with van der Waals surface area (Å²) < 4.78 is 5.37. The fraction of sp³-hybridized carbons (Fsp3) is 0.917. The van der Waals surface area contributed by atoms with Crippen molar-refractivity contribution in [2.45, 2.75) is 45.3 Å². The average molecular weight is 265 g/mol. The number of nitrogens with two attached hydrogens (primary N) is 1. The van der Waals surface area contributed by atoms with Crippen LogP contribution in [0.5, 0.6) is 0 Å². The quantitative estimate of drug-likeness (QED) is 0.817. The Balaban J connectivity index is 0.00000256. The minimum absolute atomic E-state index is 0. The van der Waals surface area contributed by atoms with Crippen molar-refractivity contribution in [3.63, 3.8) is 0 Å². The molecule has 5 heteroatoms. The number of likely N-dealkylation sites (N-methyl/N-ethyl adjacent to an activating group) is 1. The summed E-state index contributed by atoms with van der Waals surface area (Å²) in [6.07, 6.45) is 2.50. The first kappa shape index (κ1) is 16.7. The van der Waals surface area contributed by atoms with E-state index in [4.69, 9.17) is 10.5 Å². The number of rotatable bonds is 5. The summed E-state index contributed by atoms with van der Waals surface area (Å²) in [4.78, 5) is 13.6. The molecule has 0 aromatic rings. The molecular formula is C12H25ClN2O2. The van der Waals surface area contributed by atoms with Gasteiger partial charge in [0.25, 0.3) is 5.91 Å². The number of halogens is 1. The van der Waals surface area contributed by atoms with Gasteiger partial charge in [-0.25, -0.2) is 0 Å². The van der Waals surface area contributed by atoms with E-state index in [0.717, 1.165) is 32.4 Å². The van der Waals surface area contributed by atoms with Crippen molar-refractivity contribution in [3.8, 4) is 0 Å². The fourth-order valence-electron chi connectivity index (χ4n) is 1.80. The van der Waals surface area contributed by atoms with Crippen molar-refractivity contribution in [2.75, 3.05) is 20.2 Å². The van der Waals surface area contributed by atoms with Gasteiger partial charge < -0.3 is 15.4 Å². The van der Waals surface area contributed by atoms with Gasteiger partial charge >= 0.3 is 0 Å². The number of hydrogen-bond donors (Lipinski definition) is 1. The van der Waals surface area contributed by atoms with Crippen molar-refractivity contribution in [1.29, 1.82) is 0 Å². The maximum Gasteiger partial charge on any atom is 0.251 e. The molecule has 0 spiro atoms. The monoisotopic (exact) mass is 264 g/mol. The third-order valence-electron chi connectivity index (χ3n) is 3.24. The number of carbonyl (C=O) groups excluding carboxylic acids is 1. The molecule has 0 aromatic carbocycles. The maximum absolute atomic E-state index is 11.9. The van der Waals surface area contributed by atoms with Gasteiger partial charge in [-0.05, 0) is 25.2 Å². The molecule has 1 aliphatic rings. The van der Waals surface area contributed by atoms with E-state index in [0.29, 0.717) is 5.92 Å². The lowest BCUT2D eigenvalue weighted by atomic mass is 10.0. The first-order valence-electron chi connectivity index (χ1n) is 6.14. The first-order valence-corrected chi connectivity index (χ1v) is 6.14. The van der Waals surface area contributed by atoms with Crippen LogP contribution in [-0.2, 0) is 9.53 Å². The smallest absolute Gasteiger partial charge is 0.251 e. The third kappa shape index (κ3) is 5.23. The van der Waals surface area contributed by atoms with Crippen LogP contribution >= 0.6 is 12.4 Å². The Morgan fingerprint density at radius 1 is 1.53 bits per heavy atom. The minimum atomic E-state index is -0.208. The molecule has 1 aliphatic heterocycles. The van der Waals surface area contributed by atoms with E-state index in [1.165, 1.54) is 0 Å². The Labute approximate surface area is 110 Å². The molecule has 1 heterocycles. The van der Waals surface area contributed by atoms with Gasteiger partial charge in [0, 0.05) is 26.2 Å². The van der Waals surface area contributed by atoms with Gasteiger partial charge in [-0.1, -0.05) is 13.8 Å². The summed E-state index contributed by atoms with van der Waals surface area (Å²) in [7, 11) is 1.83. The van der Waals surface area contributed by atoms with Crippen LogP contribution in [0.2, 0.25) is 0 Å². The van der Waals surface area contributed by atoms with E-state index >= 15 is 0 Å². The Bertz CT molecular complexity index is 231. The van der Waals surface area contributed by atoms with Crippen molar-refractivity contribution in [2.24, 2.45) is 11.7 Å². The molecule has 0 bridgehead atoms. The summed E-state index contributed by atoms with van der Waals surface area (Å²) >= 11 is 0. The molecular weight excluding hydrogens is 240 g/mol. The highest BCUT2D eigenvalue weighted by Gasteiger charge is 2.26. The van der Waals surface area contributed by atoms with Gasteiger partial charge in [-0.3, -0.25) is 4.79 Å². The molecule has 1 fully saturated rings. The van der Waals surface area contributed by atoms with E-state index in [1.807, 2.05) is 7.05 Å². The molecule has 0 aliphatic carbocycles. The van der Waals surface area contributed by atoms with E-state index in [9.17, 15) is 4.79 Å². The summed E-state index contributed by atoms with van der Waals surface area (Å²) in [6.45, 7) is 5.65. The second kappa shape index (κ2) is 7.90. The first-order chi connectivity index (χ1) is 7.52. The Morgan fingerprint density at radius 3 is 2.65 bits per heavy atom. The van der Waals surface area contributed by atoms with Gasteiger partial charge in [-0.2, -0.15) is 0 Å². The molecule has 2 unspecified atom stereocenters. The van der Waals surface area contributed by atoms with Crippen molar-refractivity contribution in [1.82, 2.24) is 4.90 Å². The predicted molar refractivity (Wildman–Crippen MR) is 71.3 cm³/mol. The van der Waals surface area contributed by atoms with Crippen LogP contribution in [-0.4, -0.2) is 43.2 Å². The largest absolute Gasteiger partial charge is 0.368 e. The second-order valence-corrected chi connectivity index (χ2v) is 4.96. The van der Waals surface area contributed by atoms with Gasteiger partial charge in [0.15, 0.2) is 0 Å². The Hall–Kier alpha value is -0.320. The number of carbonyl (C=O) groups is 1. The average Bonchev–Trinajstić information content (AvgIpc) is 2.77. The zero-order chi connectivity index (χ0) is 12.1. The summed E-state index contributed by atoms with van der Waals surface area (Å²) in [5.41, 5.74) is 5.95.